The van der Waals surface area contributed by atoms with Gasteiger partial charge in [0.25, 0.3) is 0 Å². The van der Waals surface area contributed by atoms with Crippen molar-refractivity contribution in [3.05, 3.63) is 35.5 Å². The number of halogens is 3. The van der Waals surface area contributed by atoms with Crippen LogP contribution < -0.4 is 15.0 Å². The van der Waals surface area contributed by atoms with Crippen molar-refractivity contribution in [2.75, 3.05) is 43.0 Å². The second kappa shape index (κ2) is 14.2. The maximum Gasteiger partial charge on any atom is 0.412 e. The highest BCUT2D eigenvalue weighted by Gasteiger charge is 2.50. The molecule has 4 aromatic rings. The molecule has 7 heterocycles. The van der Waals surface area contributed by atoms with Crippen LogP contribution in [-0.4, -0.2) is 105 Å². The van der Waals surface area contributed by atoms with E-state index in [4.69, 9.17) is 19.2 Å². The summed E-state index contributed by atoms with van der Waals surface area (Å²) in [6, 6.07) is 4.08. The second-order valence-electron chi connectivity index (χ2n) is 17.4. The number of aromatic nitrogens is 3. The molecule has 4 aliphatic heterocycles. The third kappa shape index (κ3) is 7.26. The summed E-state index contributed by atoms with van der Waals surface area (Å²) in [6.45, 7) is 12.5. The van der Waals surface area contributed by atoms with Crippen LogP contribution in [0.1, 0.15) is 79.2 Å². The quantitative estimate of drug-likeness (QED) is 0.203. The number of pyridine rings is 1. The molecule has 2 bridgehead atoms. The average molecular weight is 807 g/mol. The normalized spacial score (nSPS) is 23.5. The lowest BCUT2D eigenvalue weighted by Gasteiger charge is -2.42. The van der Waals surface area contributed by atoms with E-state index in [-0.39, 0.29) is 73.6 Å². The predicted molar refractivity (Wildman–Crippen MR) is 208 cm³/mol. The number of nitriles is 1. The van der Waals surface area contributed by atoms with E-state index in [0.717, 1.165) is 49.6 Å². The van der Waals surface area contributed by atoms with Gasteiger partial charge in [-0.1, -0.05) is 0 Å². The summed E-state index contributed by atoms with van der Waals surface area (Å²) in [5.41, 5.74) is -2.30. The Labute approximate surface area is 332 Å². The van der Waals surface area contributed by atoms with E-state index >= 15 is 8.78 Å². The van der Waals surface area contributed by atoms with Crippen molar-refractivity contribution in [2.45, 2.75) is 109 Å². The van der Waals surface area contributed by atoms with Crippen molar-refractivity contribution < 1.29 is 37.0 Å². The Balaban J connectivity index is 1.21. The van der Waals surface area contributed by atoms with Crippen LogP contribution in [0.3, 0.4) is 0 Å². The summed E-state index contributed by atoms with van der Waals surface area (Å²) in [5.74, 6) is -1.16. The van der Waals surface area contributed by atoms with Crippen LogP contribution in [0.4, 0.5) is 33.6 Å². The largest absolute Gasteiger partial charge is 0.461 e. The number of piperazine rings is 1. The first-order chi connectivity index (χ1) is 26.9. The van der Waals surface area contributed by atoms with Crippen LogP contribution in [0.2, 0.25) is 0 Å². The van der Waals surface area contributed by atoms with Gasteiger partial charge in [0, 0.05) is 43.2 Å². The molecule has 0 spiro atoms. The number of nitrogens with zero attached hydrogens (tertiary/aromatic N) is 7. The molecule has 4 aliphatic rings. The number of thiophene rings is 1. The first kappa shape index (κ1) is 38.9. The fraction of sp³-hybridized carbons (Fsp3) is 0.550. The van der Waals surface area contributed by atoms with Crippen LogP contribution in [0.25, 0.3) is 32.2 Å². The third-order valence-corrected chi connectivity index (χ3v) is 12.1. The molecule has 57 heavy (non-hydrogen) atoms. The van der Waals surface area contributed by atoms with E-state index < -0.39 is 40.6 Å². The van der Waals surface area contributed by atoms with Crippen LogP contribution >= 0.6 is 11.3 Å². The minimum Gasteiger partial charge on any atom is -0.461 e. The Morgan fingerprint density at radius 2 is 1.77 bits per heavy atom. The Kier molecular flexibility index (Phi) is 9.66. The predicted octanol–water partition coefficient (Wildman–Crippen LogP) is 7.95. The molecular weight excluding hydrogens is 762 g/mol. The zero-order valence-corrected chi connectivity index (χ0v) is 33.6. The maximum absolute atomic E-state index is 17.2. The number of carbonyl (C=O) groups is 2. The molecular formula is C40H45F3N8O5S. The summed E-state index contributed by atoms with van der Waals surface area (Å²) < 4.78 is 64.7. The van der Waals surface area contributed by atoms with Gasteiger partial charge in [0.1, 0.15) is 57.9 Å². The SMILES string of the molecule is CC(C)(C)OC(=O)Nc1sc2c(F)ccc(-c3ncc4c(N5CC6CCC(C5)N6C(=O)OC(C)(C)C)nc(OC[C@@]56CCCN5C[C@H](F)C6)nc4c3F)c2c1C#N. The number of benzene rings is 1. The van der Waals surface area contributed by atoms with Crippen LogP contribution in [-0.2, 0) is 9.47 Å². The molecule has 17 heteroatoms. The number of ether oxygens (including phenoxy) is 3. The van der Waals surface area contributed by atoms with Gasteiger partial charge in [0.05, 0.1) is 33.3 Å². The number of anilines is 2. The zero-order valence-electron chi connectivity index (χ0n) is 32.7. The molecule has 4 saturated heterocycles. The molecule has 4 atom stereocenters. The highest BCUT2D eigenvalue weighted by Crippen LogP contribution is 2.45. The number of hydrogen-bond acceptors (Lipinski definition) is 12. The highest BCUT2D eigenvalue weighted by atomic mass is 32.1. The number of nitrogens with one attached hydrogen (secondary N) is 1. The zero-order chi connectivity index (χ0) is 40.6. The van der Waals surface area contributed by atoms with E-state index in [1.165, 1.54) is 12.3 Å². The van der Waals surface area contributed by atoms with E-state index in [1.54, 1.807) is 25.7 Å². The minimum absolute atomic E-state index is 0.0187. The van der Waals surface area contributed by atoms with Crippen molar-refractivity contribution in [1.82, 2.24) is 24.8 Å². The topological polar surface area (TPSA) is 146 Å². The third-order valence-electron chi connectivity index (χ3n) is 11.0. The van der Waals surface area contributed by atoms with Gasteiger partial charge < -0.3 is 19.1 Å². The van der Waals surface area contributed by atoms with Gasteiger partial charge in [-0.25, -0.2) is 22.8 Å². The lowest BCUT2D eigenvalue weighted by atomic mass is 9.95. The van der Waals surface area contributed by atoms with Gasteiger partial charge in [-0.3, -0.25) is 20.1 Å². The van der Waals surface area contributed by atoms with Crippen LogP contribution in [0.5, 0.6) is 6.01 Å². The van der Waals surface area contributed by atoms with Crippen molar-refractivity contribution >= 4 is 55.3 Å². The molecule has 2 amide bonds. The lowest BCUT2D eigenvalue weighted by molar-refractivity contribution is 0.0122. The molecule has 8 rings (SSSR count). The summed E-state index contributed by atoms with van der Waals surface area (Å²) in [5, 5.41) is 13.2. The Bertz CT molecular complexity index is 2310. The van der Waals surface area contributed by atoms with Crippen LogP contribution in [0, 0.1) is 23.0 Å². The highest BCUT2D eigenvalue weighted by molar-refractivity contribution is 7.23. The lowest BCUT2D eigenvalue weighted by Crippen LogP contribution is -2.57. The van der Waals surface area contributed by atoms with E-state index in [9.17, 15) is 19.2 Å². The number of fused-ring (bicyclic) bond motifs is 5. The molecule has 2 unspecified atom stereocenters. The smallest absolute Gasteiger partial charge is 0.412 e. The molecule has 0 saturated carbocycles. The molecule has 1 N–H and O–H groups in total. The van der Waals surface area contributed by atoms with E-state index in [1.807, 2.05) is 31.7 Å². The molecule has 0 radical (unpaired) electrons. The summed E-state index contributed by atoms with van der Waals surface area (Å²) in [4.78, 5) is 45.8. The average Bonchev–Trinajstić information content (AvgIpc) is 3.84. The van der Waals surface area contributed by atoms with E-state index in [0.29, 0.717) is 31.9 Å². The monoisotopic (exact) mass is 806 g/mol. The number of carbonyl (C=O) groups excluding carboxylic acids is 2. The standard InChI is InChI=1S/C40H45F3N8O5S/c1-38(2,3)55-36(52)48-34-25(15-44)28-24(10-11-27(42)32(28)57-34)30-29(43)31-26(16-45-30)33(47-35(46-31)54-20-40-12-7-13-50(40)17-21(41)14-40)49-18-22-8-9-23(19-49)51(22)37(53)56-39(4,5)6/h10-11,16,21-23H,7-9,12-14,17-20H2,1-6H3,(H,48,52)/t21-,22?,23?,40+/m1/s1. The Morgan fingerprint density at radius 3 is 2.46 bits per heavy atom. The van der Waals surface area contributed by atoms with Crippen molar-refractivity contribution in [3.63, 3.8) is 0 Å². The van der Waals surface area contributed by atoms with Gasteiger partial charge in [0.2, 0.25) is 0 Å². The molecule has 0 aliphatic carbocycles. The molecule has 1 aromatic carbocycles. The van der Waals surface area contributed by atoms with Crippen molar-refractivity contribution in [1.29, 1.82) is 5.26 Å². The molecule has 3 aromatic heterocycles. The maximum atomic E-state index is 17.2. The first-order valence-corrected chi connectivity index (χ1v) is 20.0. The Hall–Kier alpha value is -4.95. The summed E-state index contributed by atoms with van der Waals surface area (Å²) in [7, 11) is 0. The van der Waals surface area contributed by atoms with Crippen molar-refractivity contribution in [2.24, 2.45) is 0 Å². The first-order valence-electron chi connectivity index (χ1n) is 19.2. The number of rotatable bonds is 6. The van der Waals surface area contributed by atoms with Gasteiger partial charge in [-0.2, -0.15) is 15.2 Å². The minimum atomic E-state index is -0.979. The molecule has 13 nitrogen and oxygen atoms in total. The number of hydrogen-bond donors (Lipinski definition) is 1. The summed E-state index contributed by atoms with van der Waals surface area (Å²) >= 11 is 0.829. The van der Waals surface area contributed by atoms with Crippen LogP contribution in [0.15, 0.2) is 18.3 Å². The summed E-state index contributed by atoms with van der Waals surface area (Å²) in [6.07, 6.45) is 2.73. The Morgan fingerprint density at radius 1 is 1.05 bits per heavy atom. The number of amides is 2. The second-order valence-corrected chi connectivity index (χ2v) is 18.4. The van der Waals surface area contributed by atoms with E-state index in [2.05, 4.69) is 20.2 Å². The van der Waals surface area contributed by atoms with Gasteiger partial charge >= 0.3 is 18.2 Å². The fourth-order valence-corrected chi connectivity index (χ4v) is 9.88. The van der Waals surface area contributed by atoms with Gasteiger partial charge in [-0.15, -0.1) is 11.3 Å². The fourth-order valence-electron chi connectivity index (χ4n) is 8.81. The van der Waals surface area contributed by atoms with Crippen molar-refractivity contribution in [3.8, 4) is 23.3 Å². The molecule has 4 fully saturated rings. The molecule has 302 valence electrons. The van der Waals surface area contributed by atoms with Gasteiger partial charge in [-0.05, 0) is 85.9 Å². The number of alkyl halides is 1. The van der Waals surface area contributed by atoms with Gasteiger partial charge in [0.15, 0.2) is 5.82 Å².